The van der Waals surface area contributed by atoms with E-state index in [9.17, 15) is 9.90 Å². The lowest BCUT2D eigenvalue weighted by Gasteiger charge is -2.08. The van der Waals surface area contributed by atoms with Crippen molar-refractivity contribution in [3.8, 4) is 10.8 Å². The quantitative estimate of drug-likeness (QED) is 0.858. The van der Waals surface area contributed by atoms with E-state index in [0.29, 0.717) is 35.8 Å². The third-order valence-electron chi connectivity index (χ3n) is 2.98. The normalized spacial score (nSPS) is 12.3. The number of aliphatic hydroxyl groups is 1. The van der Waals surface area contributed by atoms with E-state index in [1.807, 2.05) is 19.9 Å². The second-order valence-electron chi connectivity index (χ2n) is 4.51. The molecular formula is C14H18N2O3S. The molecule has 0 saturated carbocycles. The summed E-state index contributed by atoms with van der Waals surface area (Å²) in [6.45, 7) is 4.22. The van der Waals surface area contributed by atoms with Crippen molar-refractivity contribution in [1.82, 2.24) is 10.3 Å². The van der Waals surface area contributed by atoms with Crippen LogP contribution in [0, 0.1) is 6.92 Å². The molecule has 2 aromatic heterocycles. The Morgan fingerprint density at radius 3 is 3.05 bits per heavy atom. The average molecular weight is 294 g/mol. The summed E-state index contributed by atoms with van der Waals surface area (Å²) < 4.78 is 5.28. The van der Waals surface area contributed by atoms with Gasteiger partial charge in [0.15, 0.2) is 10.8 Å². The highest BCUT2D eigenvalue weighted by Gasteiger charge is 2.17. The van der Waals surface area contributed by atoms with Gasteiger partial charge in [0.05, 0.1) is 12.4 Å². The number of carbonyl (C=O) groups is 1. The Balaban J connectivity index is 2.00. The Hall–Kier alpha value is -1.66. The van der Waals surface area contributed by atoms with E-state index < -0.39 is 0 Å². The topological polar surface area (TPSA) is 75.4 Å². The van der Waals surface area contributed by atoms with Gasteiger partial charge in [-0.3, -0.25) is 4.79 Å². The second-order valence-corrected chi connectivity index (χ2v) is 5.71. The van der Waals surface area contributed by atoms with Crippen LogP contribution in [0.5, 0.6) is 0 Å². The Labute approximate surface area is 121 Å². The number of hydrogen-bond donors (Lipinski definition) is 2. The van der Waals surface area contributed by atoms with Crippen molar-refractivity contribution in [2.45, 2.75) is 32.8 Å². The van der Waals surface area contributed by atoms with Crippen LogP contribution in [0.4, 0.5) is 0 Å². The molecule has 5 nitrogen and oxygen atoms in total. The Morgan fingerprint density at radius 2 is 2.40 bits per heavy atom. The lowest BCUT2D eigenvalue weighted by Crippen LogP contribution is -2.27. The molecule has 108 valence electrons. The minimum atomic E-state index is -0.370. The van der Waals surface area contributed by atoms with Crippen LogP contribution in [0.2, 0.25) is 0 Å². The first kappa shape index (κ1) is 14.7. The monoisotopic (exact) mass is 294 g/mol. The smallest absolute Gasteiger partial charge is 0.271 e. The van der Waals surface area contributed by atoms with Crippen molar-refractivity contribution in [3.63, 3.8) is 0 Å². The van der Waals surface area contributed by atoms with Gasteiger partial charge >= 0.3 is 0 Å². The van der Waals surface area contributed by atoms with E-state index in [1.54, 1.807) is 12.3 Å². The molecule has 20 heavy (non-hydrogen) atoms. The summed E-state index contributed by atoms with van der Waals surface area (Å²) in [6, 6.07) is 3.61. The van der Waals surface area contributed by atoms with E-state index in [4.69, 9.17) is 4.42 Å². The van der Waals surface area contributed by atoms with Gasteiger partial charge < -0.3 is 14.8 Å². The molecule has 2 aromatic rings. The molecule has 6 heteroatoms. The van der Waals surface area contributed by atoms with Crippen molar-refractivity contribution >= 4 is 17.2 Å². The van der Waals surface area contributed by atoms with Crippen LogP contribution in [0.25, 0.3) is 10.8 Å². The highest BCUT2D eigenvalue weighted by atomic mass is 32.1. The van der Waals surface area contributed by atoms with Gasteiger partial charge in [-0.25, -0.2) is 4.98 Å². The van der Waals surface area contributed by atoms with Crippen LogP contribution in [-0.4, -0.2) is 28.6 Å². The number of hydrogen-bond acceptors (Lipinski definition) is 5. The molecular weight excluding hydrogens is 276 g/mol. The first-order valence-corrected chi connectivity index (χ1v) is 7.41. The van der Waals surface area contributed by atoms with Crippen LogP contribution < -0.4 is 5.32 Å². The van der Waals surface area contributed by atoms with Gasteiger partial charge in [0.2, 0.25) is 0 Å². The SMILES string of the molecule is CCC(O)CCNC(=O)c1nc(-c2ccco2)sc1C. The largest absolute Gasteiger partial charge is 0.462 e. The van der Waals surface area contributed by atoms with Crippen LogP contribution >= 0.6 is 11.3 Å². The molecule has 0 aliphatic rings. The zero-order chi connectivity index (χ0) is 14.5. The maximum atomic E-state index is 12.0. The maximum Gasteiger partial charge on any atom is 0.271 e. The van der Waals surface area contributed by atoms with Gasteiger partial charge in [0.1, 0.15) is 5.69 Å². The molecule has 0 bridgehead atoms. The van der Waals surface area contributed by atoms with Crippen molar-refractivity contribution in [2.75, 3.05) is 6.54 Å². The predicted molar refractivity (Wildman–Crippen MR) is 77.8 cm³/mol. The highest BCUT2D eigenvalue weighted by molar-refractivity contribution is 7.15. The van der Waals surface area contributed by atoms with Gasteiger partial charge in [-0.2, -0.15) is 0 Å². The number of aromatic nitrogens is 1. The summed E-state index contributed by atoms with van der Waals surface area (Å²) in [7, 11) is 0. The minimum Gasteiger partial charge on any atom is -0.462 e. The number of aliphatic hydroxyl groups excluding tert-OH is 1. The molecule has 2 heterocycles. The van der Waals surface area contributed by atoms with Crippen LogP contribution in [0.3, 0.4) is 0 Å². The lowest BCUT2D eigenvalue weighted by atomic mass is 10.2. The summed E-state index contributed by atoms with van der Waals surface area (Å²) in [4.78, 5) is 17.2. The number of nitrogens with one attached hydrogen (secondary N) is 1. The Kier molecular flexibility index (Phi) is 4.92. The molecule has 0 radical (unpaired) electrons. The fourth-order valence-corrected chi connectivity index (χ4v) is 2.63. The number of aryl methyl sites for hydroxylation is 1. The van der Waals surface area contributed by atoms with Crippen molar-refractivity contribution in [3.05, 3.63) is 29.0 Å². The molecule has 0 fully saturated rings. The lowest BCUT2D eigenvalue weighted by molar-refractivity contribution is 0.0937. The Morgan fingerprint density at radius 1 is 1.60 bits per heavy atom. The molecule has 0 aromatic carbocycles. The number of furan rings is 1. The zero-order valence-electron chi connectivity index (χ0n) is 11.5. The molecule has 1 unspecified atom stereocenters. The molecule has 2 rings (SSSR count). The standard InChI is InChI=1S/C14H18N2O3S/c1-3-10(17)6-7-15-13(18)12-9(2)20-14(16-12)11-5-4-8-19-11/h4-5,8,10,17H,3,6-7H2,1-2H3,(H,15,18). The number of nitrogens with zero attached hydrogens (tertiary/aromatic N) is 1. The van der Waals surface area contributed by atoms with Crippen LogP contribution in [0.15, 0.2) is 22.8 Å². The van der Waals surface area contributed by atoms with E-state index in [0.717, 1.165) is 4.88 Å². The maximum absolute atomic E-state index is 12.0. The van der Waals surface area contributed by atoms with Crippen molar-refractivity contribution in [2.24, 2.45) is 0 Å². The molecule has 0 saturated heterocycles. The average Bonchev–Trinajstić information content (AvgIpc) is 3.07. The van der Waals surface area contributed by atoms with E-state index >= 15 is 0 Å². The molecule has 0 aliphatic heterocycles. The second kappa shape index (κ2) is 6.67. The summed E-state index contributed by atoms with van der Waals surface area (Å²) in [5.41, 5.74) is 0.424. The van der Waals surface area contributed by atoms with Gasteiger partial charge in [0, 0.05) is 11.4 Å². The number of rotatable bonds is 6. The van der Waals surface area contributed by atoms with Crippen molar-refractivity contribution < 1.29 is 14.3 Å². The van der Waals surface area contributed by atoms with E-state index in [1.165, 1.54) is 11.3 Å². The molecule has 1 amide bonds. The van der Waals surface area contributed by atoms with Gasteiger partial charge in [-0.05, 0) is 31.9 Å². The highest BCUT2D eigenvalue weighted by Crippen LogP contribution is 2.27. The Bertz CT molecular complexity index is 563. The fourth-order valence-electron chi connectivity index (χ4n) is 1.75. The molecule has 0 spiro atoms. The first-order valence-electron chi connectivity index (χ1n) is 6.59. The van der Waals surface area contributed by atoms with E-state index in [2.05, 4.69) is 10.3 Å². The van der Waals surface area contributed by atoms with Gasteiger partial charge in [0.25, 0.3) is 5.91 Å². The summed E-state index contributed by atoms with van der Waals surface area (Å²) in [6.07, 6.45) is 2.45. The molecule has 0 aliphatic carbocycles. The third kappa shape index (κ3) is 3.46. The number of carbonyl (C=O) groups excluding carboxylic acids is 1. The molecule has 1 atom stereocenters. The number of thiazole rings is 1. The zero-order valence-corrected chi connectivity index (χ0v) is 12.4. The molecule has 2 N–H and O–H groups in total. The summed E-state index contributed by atoms with van der Waals surface area (Å²) in [5, 5.41) is 12.9. The number of amides is 1. The van der Waals surface area contributed by atoms with Crippen molar-refractivity contribution in [1.29, 1.82) is 0 Å². The van der Waals surface area contributed by atoms with Gasteiger partial charge in [-0.15, -0.1) is 11.3 Å². The predicted octanol–water partition coefficient (Wildman–Crippen LogP) is 2.60. The third-order valence-corrected chi connectivity index (χ3v) is 3.96. The first-order chi connectivity index (χ1) is 9.61. The van der Waals surface area contributed by atoms with Crippen LogP contribution in [0.1, 0.15) is 35.1 Å². The fraction of sp³-hybridized carbons (Fsp3) is 0.429. The van der Waals surface area contributed by atoms with Gasteiger partial charge in [-0.1, -0.05) is 6.92 Å². The summed E-state index contributed by atoms with van der Waals surface area (Å²) in [5.74, 6) is 0.457. The summed E-state index contributed by atoms with van der Waals surface area (Å²) >= 11 is 1.43. The van der Waals surface area contributed by atoms with Crippen LogP contribution in [-0.2, 0) is 0 Å². The minimum absolute atomic E-state index is 0.208. The van der Waals surface area contributed by atoms with E-state index in [-0.39, 0.29) is 12.0 Å².